The maximum Gasteiger partial charge on any atom is 0.336 e. The van der Waals surface area contributed by atoms with Crippen LogP contribution in [0.5, 0.6) is 0 Å². The Hall–Kier alpha value is -3.55. The number of hydrogen-bond donors (Lipinski definition) is 2. The molecule has 2 N–H and O–H groups in total. The topological polar surface area (TPSA) is 122 Å². The van der Waals surface area contributed by atoms with E-state index in [0.717, 1.165) is 0 Å². The summed E-state index contributed by atoms with van der Waals surface area (Å²) in [5.74, 6) is -1.65. The summed E-state index contributed by atoms with van der Waals surface area (Å²) >= 11 is 0. The van der Waals surface area contributed by atoms with Gasteiger partial charge in [0.15, 0.2) is 0 Å². The predicted molar refractivity (Wildman–Crippen MR) is 86.2 cm³/mol. The summed E-state index contributed by atoms with van der Waals surface area (Å²) in [5, 5.41) is 23.6. The summed E-state index contributed by atoms with van der Waals surface area (Å²) in [7, 11) is 0. The van der Waals surface area contributed by atoms with E-state index in [9.17, 15) is 19.7 Å². The minimum absolute atomic E-state index is 0.0725. The number of carbonyl (C=O) groups excluding carboxylic acids is 1. The molecule has 0 unspecified atom stereocenters. The van der Waals surface area contributed by atoms with Crippen LogP contribution in [0.3, 0.4) is 0 Å². The first-order valence-corrected chi connectivity index (χ1v) is 6.82. The molecule has 8 heteroatoms. The quantitative estimate of drug-likeness (QED) is 0.496. The van der Waals surface area contributed by atoms with Crippen molar-refractivity contribution in [1.82, 2.24) is 5.43 Å². The third-order valence-electron chi connectivity index (χ3n) is 3.21. The molecule has 0 radical (unpaired) electrons. The zero-order chi connectivity index (χ0) is 17.7. The minimum Gasteiger partial charge on any atom is -0.478 e. The number of benzene rings is 2. The molecule has 0 saturated heterocycles. The van der Waals surface area contributed by atoms with E-state index < -0.39 is 16.8 Å². The number of amides is 1. The van der Waals surface area contributed by atoms with Crippen molar-refractivity contribution in [2.75, 3.05) is 0 Å². The Morgan fingerprint density at radius 3 is 2.21 bits per heavy atom. The fourth-order valence-corrected chi connectivity index (χ4v) is 1.98. The van der Waals surface area contributed by atoms with Gasteiger partial charge >= 0.3 is 5.97 Å². The van der Waals surface area contributed by atoms with E-state index >= 15 is 0 Å². The van der Waals surface area contributed by atoms with Crippen molar-refractivity contribution < 1.29 is 19.6 Å². The smallest absolute Gasteiger partial charge is 0.336 e. The van der Waals surface area contributed by atoms with Gasteiger partial charge in [-0.1, -0.05) is 18.2 Å². The van der Waals surface area contributed by atoms with Crippen LogP contribution in [-0.4, -0.2) is 27.6 Å². The summed E-state index contributed by atoms with van der Waals surface area (Å²) in [6.45, 7) is 1.57. The van der Waals surface area contributed by atoms with E-state index in [1.165, 1.54) is 30.3 Å². The van der Waals surface area contributed by atoms with Crippen LogP contribution in [-0.2, 0) is 0 Å². The molecule has 2 aromatic rings. The number of nitrogens with zero attached hydrogens (tertiary/aromatic N) is 2. The third-order valence-corrected chi connectivity index (χ3v) is 3.21. The number of nitrogens with one attached hydrogen (secondary N) is 1. The van der Waals surface area contributed by atoms with Crippen LogP contribution in [0.4, 0.5) is 5.69 Å². The number of carboxylic acids is 1. The lowest BCUT2D eigenvalue weighted by atomic mass is 10.0. The van der Waals surface area contributed by atoms with Gasteiger partial charge in [-0.25, -0.2) is 10.2 Å². The Balaban J connectivity index is 2.16. The van der Waals surface area contributed by atoms with Crippen LogP contribution in [0.15, 0.2) is 53.6 Å². The van der Waals surface area contributed by atoms with E-state index in [1.54, 1.807) is 25.1 Å². The van der Waals surface area contributed by atoms with Crippen LogP contribution in [0.25, 0.3) is 0 Å². The molecule has 8 nitrogen and oxygen atoms in total. The van der Waals surface area contributed by atoms with Gasteiger partial charge in [-0.3, -0.25) is 14.9 Å². The van der Waals surface area contributed by atoms with Gasteiger partial charge in [-0.05, 0) is 25.1 Å². The first-order chi connectivity index (χ1) is 11.4. The lowest BCUT2D eigenvalue weighted by Crippen LogP contribution is -2.20. The number of hydrogen-bond acceptors (Lipinski definition) is 5. The Kier molecular flexibility index (Phi) is 5.00. The first-order valence-electron chi connectivity index (χ1n) is 6.82. The third kappa shape index (κ3) is 3.80. The number of carboxylic acid groups (broad SMARTS) is 1. The summed E-state index contributed by atoms with van der Waals surface area (Å²) < 4.78 is 0. The summed E-state index contributed by atoms with van der Waals surface area (Å²) in [4.78, 5) is 33.2. The van der Waals surface area contributed by atoms with Gasteiger partial charge in [0.05, 0.1) is 16.2 Å². The SMILES string of the molecule is C/C(=N\NC(=O)c1ccc([N+](=O)[O-])cc1)c1ccccc1C(=O)O. The molecule has 0 aliphatic rings. The fraction of sp³-hybridized carbons (Fsp3) is 0.0625. The van der Waals surface area contributed by atoms with Crippen molar-refractivity contribution >= 4 is 23.3 Å². The number of rotatable bonds is 5. The second-order valence-corrected chi connectivity index (χ2v) is 4.79. The van der Waals surface area contributed by atoms with E-state index in [1.807, 2.05) is 0 Å². The van der Waals surface area contributed by atoms with Crippen LogP contribution in [0, 0.1) is 10.1 Å². The molecule has 1 amide bonds. The number of aromatic carboxylic acids is 1. The van der Waals surface area contributed by atoms with Crippen molar-refractivity contribution in [3.8, 4) is 0 Å². The molecule has 0 aromatic heterocycles. The highest BCUT2D eigenvalue weighted by molar-refractivity contribution is 6.08. The monoisotopic (exact) mass is 327 g/mol. The highest BCUT2D eigenvalue weighted by Gasteiger charge is 2.12. The summed E-state index contributed by atoms with van der Waals surface area (Å²) in [5.41, 5.74) is 3.15. The van der Waals surface area contributed by atoms with E-state index in [2.05, 4.69) is 10.5 Å². The van der Waals surface area contributed by atoms with Crippen LogP contribution in [0.2, 0.25) is 0 Å². The number of hydrazone groups is 1. The molecular formula is C16H13N3O5. The van der Waals surface area contributed by atoms with Crippen molar-refractivity contribution in [1.29, 1.82) is 0 Å². The molecule has 0 aliphatic heterocycles. The predicted octanol–water partition coefficient (Wildman–Crippen LogP) is 2.45. The van der Waals surface area contributed by atoms with Crippen LogP contribution < -0.4 is 5.43 Å². The normalized spacial score (nSPS) is 11.0. The first kappa shape index (κ1) is 16.8. The van der Waals surface area contributed by atoms with E-state index in [4.69, 9.17) is 5.11 Å². The Labute approximate surface area is 136 Å². The van der Waals surface area contributed by atoms with Crippen molar-refractivity contribution in [2.24, 2.45) is 5.10 Å². The van der Waals surface area contributed by atoms with Crippen molar-refractivity contribution in [3.63, 3.8) is 0 Å². The molecule has 0 atom stereocenters. The molecule has 2 rings (SSSR count). The molecule has 0 fully saturated rings. The lowest BCUT2D eigenvalue weighted by molar-refractivity contribution is -0.384. The zero-order valence-corrected chi connectivity index (χ0v) is 12.6. The fourth-order valence-electron chi connectivity index (χ4n) is 1.98. The number of nitro groups is 1. The van der Waals surface area contributed by atoms with Gasteiger partial charge in [-0.15, -0.1) is 0 Å². The maximum absolute atomic E-state index is 12.0. The second-order valence-electron chi connectivity index (χ2n) is 4.79. The molecule has 2 aromatic carbocycles. The molecule has 0 heterocycles. The van der Waals surface area contributed by atoms with Gasteiger partial charge in [0.2, 0.25) is 0 Å². The average Bonchev–Trinajstić information content (AvgIpc) is 2.59. The van der Waals surface area contributed by atoms with Crippen LogP contribution in [0.1, 0.15) is 33.2 Å². The molecule has 0 spiro atoms. The van der Waals surface area contributed by atoms with E-state index in [-0.39, 0.29) is 16.8 Å². The van der Waals surface area contributed by atoms with Gasteiger partial charge in [-0.2, -0.15) is 5.10 Å². The average molecular weight is 327 g/mol. The van der Waals surface area contributed by atoms with Crippen LogP contribution >= 0.6 is 0 Å². The number of nitro benzene ring substituents is 1. The molecule has 122 valence electrons. The van der Waals surface area contributed by atoms with Crippen molar-refractivity contribution in [3.05, 3.63) is 75.3 Å². The molecule has 24 heavy (non-hydrogen) atoms. The Morgan fingerprint density at radius 1 is 1.08 bits per heavy atom. The largest absolute Gasteiger partial charge is 0.478 e. The zero-order valence-electron chi connectivity index (χ0n) is 12.6. The molecule has 0 bridgehead atoms. The highest BCUT2D eigenvalue weighted by Crippen LogP contribution is 2.12. The maximum atomic E-state index is 12.0. The Bertz CT molecular complexity index is 828. The number of carbonyl (C=O) groups is 2. The molecular weight excluding hydrogens is 314 g/mol. The molecule has 0 saturated carbocycles. The summed E-state index contributed by atoms with van der Waals surface area (Å²) in [6, 6.07) is 11.3. The summed E-state index contributed by atoms with van der Waals surface area (Å²) in [6.07, 6.45) is 0. The Morgan fingerprint density at radius 2 is 1.67 bits per heavy atom. The minimum atomic E-state index is -1.10. The van der Waals surface area contributed by atoms with Crippen molar-refractivity contribution in [2.45, 2.75) is 6.92 Å². The lowest BCUT2D eigenvalue weighted by Gasteiger charge is -2.06. The van der Waals surface area contributed by atoms with Gasteiger partial charge < -0.3 is 5.11 Å². The standard InChI is InChI=1S/C16H13N3O5/c1-10(13-4-2-3-5-14(13)16(21)22)17-18-15(20)11-6-8-12(9-7-11)19(23)24/h2-9H,1H3,(H,18,20)(H,21,22)/b17-10+. The highest BCUT2D eigenvalue weighted by atomic mass is 16.6. The molecule has 0 aliphatic carbocycles. The van der Waals surface area contributed by atoms with Gasteiger partial charge in [0, 0.05) is 23.3 Å². The van der Waals surface area contributed by atoms with E-state index in [0.29, 0.717) is 11.3 Å². The number of non-ortho nitro benzene ring substituents is 1. The van der Waals surface area contributed by atoms with Gasteiger partial charge in [0.25, 0.3) is 11.6 Å². The van der Waals surface area contributed by atoms with Gasteiger partial charge in [0.1, 0.15) is 0 Å². The second kappa shape index (κ2) is 7.14.